The normalized spacial score (nSPS) is 16.3. The zero-order valence-corrected chi connectivity index (χ0v) is 15.8. The molecule has 27 heavy (non-hydrogen) atoms. The fourth-order valence-corrected chi connectivity index (χ4v) is 3.44. The van der Waals surface area contributed by atoms with Crippen molar-refractivity contribution in [2.24, 2.45) is 0 Å². The average Bonchev–Trinajstić information content (AvgIpc) is 3.11. The zero-order valence-electron chi connectivity index (χ0n) is 15.8. The minimum Gasteiger partial charge on any atom is -0.497 e. The SMILES string of the molecule is COc1ccc(-c2cc3n(n2)CC(C)N(Cc2ccc(C)cc2)C3=O)cc1. The Balaban J connectivity index is 1.60. The predicted octanol–water partition coefficient (Wildman–Crippen LogP) is 3.91. The van der Waals surface area contributed by atoms with E-state index in [1.54, 1.807) is 7.11 Å². The number of benzene rings is 2. The van der Waals surface area contributed by atoms with Crippen LogP contribution in [0.15, 0.2) is 54.6 Å². The lowest BCUT2D eigenvalue weighted by Gasteiger charge is -2.33. The Hall–Kier alpha value is -3.08. The maximum absolute atomic E-state index is 13.1. The monoisotopic (exact) mass is 361 g/mol. The highest BCUT2D eigenvalue weighted by Gasteiger charge is 2.31. The molecule has 1 atom stereocenters. The molecule has 0 fully saturated rings. The standard InChI is InChI=1S/C22H23N3O2/c1-15-4-6-17(7-5-15)14-24-16(2)13-25-21(22(24)26)12-20(23-25)18-8-10-19(27-3)11-9-18/h4-12,16H,13-14H2,1-3H3. The summed E-state index contributed by atoms with van der Waals surface area (Å²) < 4.78 is 7.04. The first-order valence-electron chi connectivity index (χ1n) is 9.14. The zero-order chi connectivity index (χ0) is 19.0. The van der Waals surface area contributed by atoms with E-state index in [-0.39, 0.29) is 11.9 Å². The smallest absolute Gasteiger partial charge is 0.272 e. The van der Waals surface area contributed by atoms with Gasteiger partial charge in [0.05, 0.1) is 19.3 Å². The van der Waals surface area contributed by atoms with Gasteiger partial charge in [-0.25, -0.2) is 0 Å². The molecule has 1 aliphatic rings. The highest BCUT2D eigenvalue weighted by molar-refractivity contribution is 5.94. The van der Waals surface area contributed by atoms with Crippen molar-refractivity contribution in [3.8, 4) is 17.0 Å². The number of methoxy groups -OCH3 is 1. The molecule has 5 heteroatoms. The van der Waals surface area contributed by atoms with Gasteiger partial charge in [0, 0.05) is 18.2 Å². The molecule has 1 unspecified atom stereocenters. The van der Waals surface area contributed by atoms with Gasteiger partial charge in [0.25, 0.3) is 5.91 Å². The largest absolute Gasteiger partial charge is 0.497 e. The van der Waals surface area contributed by atoms with Gasteiger partial charge in [-0.1, -0.05) is 29.8 Å². The molecule has 1 aromatic heterocycles. The number of nitrogens with zero attached hydrogens (tertiary/aromatic N) is 3. The van der Waals surface area contributed by atoms with Gasteiger partial charge in [-0.3, -0.25) is 9.48 Å². The Bertz CT molecular complexity index is 958. The predicted molar refractivity (Wildman–Crippen MR) is 105 cm³/mol. The van der Waals surface area contributed by atoms with Gasteiger partial charge in [-0.2, -0.15) is 5.10 Å². The second-order valence-corrected chi connectivity index (χ2v) is 7.09. The van der Waals surface area contributed by atoms with Gasteiger partial charge < -0.3 is 9.64 Å². The molecule has 0 aliphatic carbocycles. The summed E-state index contributed by atoms with van der Waals surface area (Å²) in [4.78, 5) is 15.0. The molecule has 138 valence electrons. The van der Waals surface area contributed by atoms with Crippen molar-refractivity contribution >= 4 is 5.91 Å². The van der Waals surface area contributed by atoms with Crippen LogP contribution in [0.5, 0.6) is 5.75 Å². The van der Waals surface area contributed by atoms with Crippen LogP contribution < -0.4 is 4.74 Å². The summed E-state index contributed by atoms with van der Waals surface area (Å²) in [7, 11) is 1.65. The van der Waals surface area contributed by atoms with E-state index in [0.717, 1.165) is 22.6 Å². The molecular formula is C22H23N3O2. The number of ether oxygens (including phenoxy) is 1. The summed E-state index contributed by atoms with van der Waals surface area (Å²) in [5.74, 6) is 0.832. The maximum Gasteiger partial charge on any atom is 0.272 e. The van der Waals surface area contributed by atoms with Crippen LogP contribution in [0, 0.1) is 6.92 Å². The van der Waals surface area contributed by atoms with Crippen LogP contribution in [0.2, 0.25) is 0 Å². The van der Waals surface area contributed by atoms with Gasteiger partial charge in [0.2, 0.25) is 0 Å². The number of aromatic nitrogens is 2. The summed E-state index contributed by atoms with van der Waals surface area (Å²) in [5.41, 5.74) is 4.79. The number of amides is 1. The summed E-state index contributed by atoms with van der Waals surface area (Å²) in [5, 5.41) is 4.66. The lowest BCUT2D eigenvalue weighted by atomic mass is 10.1. The molecule has 0 saturated heterocycles. The second-order valence-electron chi connectivity index (χ2n) is 7.09. The highest BCUT2D eigenvalue weighted by atomic mass is 16.5. The highest BCUT2D eigenvalue weighted by Crippen LogP contribution is 2.26. The Labute approximate surface area is 159 Å². The van der Waals surface area contributed by atoms with Crippen LogP contribution in [0.25, 0.3) is 11.3 Å². The van der Waals surface area contributed by atoms with Crippen molar-refractivity contribution < 1.29 is 9.53 Å². The van der Waals surface area contributed by atoms with Gasteiger partial charge in [0.1, 0.15) is 11.4 Å². The molecule has 2 aromatic carbocycles. The molecule has 0 bridgehead atoms. The molecule has 1 aliphatic heterocycles. The van der Waals surface area contributed by atoms with E-state index in [4.69, 9.17) is 4.74 Å². The topological polar surface area (TPSA) is 47.4 Å². The first-order valence-corrected chi connectivity index (χ1v) is 9.14. The minimum absolute atomic E-state index is 0.0292. The van der Waals surface area contributed by atoms with Crippen LogP contribution in [0.1, 0.15) is 28.5 Å². The number of rotatable bonds is 4. The van der Waals surface area contributed by atoms with Crippen molar-refractivity contribution in [2.45, 2.75) is 33.0 Å². The van der Waals surface area contributed by atoms with Gasteiger partial charge in [-0.05, 0) is 49.7 Å². The second kappa shape index (κ2) is 6.91. The van der Waals surface area contributed by atoms with Crippen LogP contribution in [-0.4, -0.2) is 33.7 Å². The third-order valence-corrected chi connectivity index (χ3v) is 5.09. The molecule has 1 amide bonds. The molecule has 0 spiro atoms. The van der Waals surface area contributed by atoms with Crippen molar-refractivity contribution in [1.29, 1.82) is 0 Å². The molecule has 0 radical (unpaired) electrons. The Kier molecular flexibility index (Phi) is 4.44. The summed E-state index contributed by atoms with van der Waals surface area (Å²) in [6, 6.07) is 18.1. The lowest BCUT2D eigenvalue weighted by molar-refractivity contribution is 0.0585. The minimum atomic E-state index is 0.0292. The van der Waals surface area contributed by atoms with Gasteiger partial charge in [-0.15, -0.1) is 0 Å². The van der Waals surface area contributed by atoms with Crippen LogP contribution >= 0.6 is 0 Å². The number of hydrogen-bond acceptors (Lipinski definition) is 3. The van der Waals surface area contributed by atoms with Crippen LogP contribution in [0.3, 0.4) is 0 Å². The average molecular weight is 361 g/mol. The van der Waals surface area contributed by atoms with Crippen molar-refractivity contribution in [1.82, 2.24) is 14.7 Å². The Morgan fingerprint density at radius 1 is 1.11 bits per heavy atom. The van der Waals surface area contributed by atoms with E-state index in [9.17, 15) is 4.79 Å². The van der Waals surface area contributed by atoms with Crippen molar-refractivity contribution in [3.63, 3.8) is 0 Å². The number of carbonyl (C=O) groups excluding carboxylic acids is 1. The first kappa shape index (κ1) is 17.3. The molecule has 2 heterocycles. The van der Waals surface area contributed by atoms with Crippen LogP contribution in [-0.2, 0) is 13.1 Å². The molecule has 0 saturated carbocycles. The van der Waals surface area contributed by atoms with E-state index < -0.39 is 0 Å². The number of fused-ring (bicyclic) bond motifs is 1. The molecule has 5 nitrogen and oxygen atoms in total. The van der Waals surface area contributed by atoms with E-state index in [1.165, 1.54) is 5.56 Å². The van der Waals surface area contributed by atoms with E-state index in [2.05, 4.69) is 43.2 Å². The number of carbonyl (C=O) groups is 1. The summed E-state index contributed by atoms with van der Waals surface area (Å²) >= 11 is 0. The third-order valence-electron chi connectivity index (χ3n) is 5.09. The van der Waals surface area contributed by atoms with Gasteiger partial charge >= 0.3 is 0 Å². The molecule has 4 rings (SSSR count). The van der Waals surface area contributed by atoms with E-state index in [1.807, 2.05) is 39.9 Å². The molecular weight excluding hydrogens is 338 g/mol. The third kappa shape index (κ3) is 3.33. The van der Waals surface area contributed by atoms with Gasteiger partial charge in [0.15, 0.2) is 0 Å². The van der Waals surface area contributed by atoms with E-state index >= 15 is 0 Å². The lowest BCUT2D eigenvalue weighted by Crippen LogP contribution is -2.46. The van der Waals surface area contributed by atoms with Crippen molar-refractivity contribution in [3.05, 3.63) is 71.4 Å². The Morgan fingerprint density at radius 2 is 1.81 bits per heavy atom. The summed E-state index contributed by atoms with van der Waals surface area (Å²) in [6.45, 7) is 5.45. The first-order chi connectivity index (χ1) is 13.0. The number of aryl methyl sites for hydroxylation is 1. The Morgan fingerprint density at radius 3 is 2.48 bits per heavy atom. The van der Waals surface area contributed by atoms with E-state index in [0.29, 0.717) is 18.8 Å². The maximum atomic E-state index is 13.1. The quantitative estimate of drug-likeness (QED) is 0.708. The molecule has 3 aromatic rings. The fraction of sp³-hybridized carbons (Fsp3) is 0.273. The molecule has 0 N–H and O–H groups in total. The summed E-state index contributed by atoms with van der Waals surface area (Å²) in [6.07, 6.45) is 0. The fourth-order valence-electron chi connectivity index (χ4n) is 3.44. The van der Waals surface area contributed by atoms with Crippen LogP contribution in [0.4, 0.5) is 0 Å². The van der Waals surface area contributed by atoms with Crippen molar-refractivity contribution in [2.75, 3.05) is 7.11 Å². The number of hydrogen-bond donors (Lipinski definition) is 0.